The first-order valence-corrected chi connectivity index (χ1v) is 8.07. The molecule has 0 bridgehead atoms. The van der Waals surface area contributed by atoms with Crippen LogP contribution >= 0.6 is 11.3 Å². The second-order valence-electron chi connectivity index (χ2n) is 6.24. The predicted octanol–water partition coefficient (Wildman–Crippen LogP) is 4.95. The van der Waals surface area contributed by atoms with Crippen LogP contribution in [0.1, 0.15) is 74.9 Å². The van der Waals surface area contributed by atoms with Gasteiger partial charge < -0.3 is 0 Å². The highest BCUT2D eigenvalue weighted by atomic mass is 32.1. The number of rotatable bonds is 3. The summed E-state index contributed by atoms with van der Waals surface area (Å²) in [6.45, 7) is 4.75. The molecule has 1 aromatic heterocycles. The van der Waals surface area contributed by atoms with Crippen LogP contribution in [-0.4, -0.2) is 4.98 Å². The van der Waals surface area contributed by atoms with Gasteiger partial charge in [-0.1, -0.05) is 13.8 Å². The van der Waals surface area contributed by atoms with E-state index in [4.69, 9.17) is 4.98 Å². The first kappa shape index (κ1) is 11.7. The van der Waals surface area contributed by atoms with Crippen LogP contribution in [0.25, 0.3) is 0 Å². The third kappa shape index (κ3) is 2.57. The van der Waals surface area contributed by atoms with Gasteiger partial charge in [0, 0.05) is 17.2 Å². The molecule has 2 fully saturated rings. The quantitative estimate of drug-likeness (QED) is 0.738. The van der Waals surface area contributed by atoms with Crippen molar-refractivity contribution in [2.45, 2.75) is 64.2 Å². The molecular formula is C15H23NS. The predicted molar refractivity (Wildman–Crippen MR) is 73.6 cm³/mol. The highest BCUT2D eigenvalue weighted by molar-refractivity contribution is 7.09. The van der Waals surface area contributed by atoms with Crippen LogP contribution in [0.2, 0.25) is 0 Å². The molecule has 0 spiro atoms. The van der Waals surface area contributed by atoms with Gasteiger partial charge in [0.25, 0.3) is 0 Å². The molecule has 2 heteroatoms. The lowest BCUT2D eigenvalue weighted by atomic mass is 9.77. The van der Waals surface area contributed by atoms with Gasteiger partial charge in [-0.25, -0.2) is 4.98 Å². The zero-order chi connectivity index (χ0) is 11.8. The van der Waals surface area contributed by atoms with E-state index in [1.165, 1.54) is 49.2 Å². The molecule has 3 rings (SSSR count). The Bertz CT molecular complexity index is 370. The van der Waals surface area contributed by atoms with Crippen molar-refractivity contribution in [3.05, 3.63) is 16.1 Å². The molecule has 0 amide bonds. The lowest BCUT2D eigenvalue weighted by Crippen LogP contribution is -2.17. The minimum Gasteiger partial charge on any atom is -0.246 e. The summed E-state index contributed by atoms with van der Waals surface area (Å²) >= 11 is 1.92. The summed E-state index contributed by atoms with van der Waals surface area (Å²) in [6, 6.07) is 0. The summed E-state index contributed by atoms with van der Waals surface area (Å²) in [5.74, 6) is 3.44. The Morgan fingerprint density at radius 2 is 1.71 bits per heavy atom. The largest absolute Gasteiger partial charge is 0.246 e. The van der Waals surface area contributed by atoms with Crippen LogP contribution in [0.5, 0.6) is 0 Å². The molecule has 0 atom stereocenters. The molecule has 0 unspecified atom stereocenters. The minimum atomic E-state index is 0.780. The highest BCUT2D eigenvalue weighted by Crippen LogP contribution is 2.43. The van der Waals surface area contributed by atoms with Gasteiger partial charge in [-0.05, 0) is 50.4 Å². The molecule has 1 heterocycles. The van der Waals surface area contributed by atoms with Crippen molar-refractivity contribution >= 4 is 11.3 Å². The van der Waals surface area contributed by atoms with Crippen LogP contribution in [0, 0.1) is 11.8 Å². The summed E-state index contributed by atoms with van der Waals surface area (Å²) in [5, 5.41) is 3.76. The monoisotopic (exact) mass is 249 g/mol. The van der Waals surface area contributed by atoms with Crippen molar-refractivity contribution in [1.82, 2.24) is 4.98 Å². The summed E-state index contributed by atoms with van der Waals surface area (Å²) < 4.78 is 0. The fourth-order valence-electron chi connectivity index (χ4n) is 3.09. The molecule has 0 N–H and O–H groups in total. The molecule has 1 aromatic rings. The fraction of sp³-hybridized carbons (Fsp3) is 0.800. The number of hydrogen-bond acceptors (Lipinski definition) is 2. The maximum Gasteiger partial charge on any atom is 0.0959 e. The van der Waals surface area contributed by atoms with E-state index in [2.05, 4.69) is 19.2 Å². The van der Waals surface area contributed by atoms with E-state index in [1.54, 1.807) is 0 Å². The topological polar surface area (TPSA) is 12.9 Å². The molecule has 1 nitrogen and oxygen atoms in total. The molecule has 0 radical (unpaired) electrons. The average Bonchev–Trinajstić information content (AvgIpc) is 3.07. The normalized spacial score (nSPS) is 29.8. The molecule has 0 aromatic carbocycles. The second-order valence-corrected chi connectivity index (χ2v) is 7.13. The summed E-state index contributed by atoms with van der Waals surface area (Å²) in [7, 11) is 0. The Morgan fingerprint density at radius 3 is 2.29 bits per heavy atom. The van der Waals surface area contributed by atoms with E-state index in [9.17, 15) is 0 Å². The zero-order valence-corrected chi connectivity index (χ0v) is 11.8. The van der Waals surface area contributed by atoms with Crippen LogP contribution in [0.15, 0.2) is 5.38 Å². The Hall–Kier alpha value is -0.370. The Kier molecular flexibility index (Phi) is 3.25. The van der Waals surface area contributed by atoms with Crippen molar-refractivity contribution in [3.63, 3.8) is 0 Å². The van der Waals surface area contributed by atoms with Crippen LogP contribution < -0.4 is 0 Å². The third-order valence-electron chi connectivity index (χ3n) is 4.60. The SMILES string of the molecule is CC(C)C1CCC(c2nc(C3CC3)cs2)CC1. The zero-order valence-electron chi connectivity index (χ0n) is 11.0. The molecule has 0 aliphatic heterocycles. The van der Waals surface area contributed by atoms with Crippen molar-refractivity contribution in [1.29, 1.82) is 0 Å². The van der Waals surface area contributed by atoms with E-state index >= 15 is 0 Å². The summed E-state index contributed by atoms with van der Waals surface area (Å²) in [4.78, 5) is 4.88. The van der Waals surface area contributed by atoms with Crippen LogP contribution in [0.4, 0.5) is 0 Å². The van der Waals surface area contributed by atoms with Gasteiger partial charge in [-0.2, -0.15) is 0 Å². The number of aromatic nitrogens is 1. The van der Waals surface area contributed by atoms with Gasteiger partial charge in [0.2, 0.25) is 0 Å². The van der Waals surface area contributed by atoms with Crippen molar-refractivity contribution in [2.24, 2.45) is 11.8 Å². The number of hydrogen-bond donors (Lipinski definition) is 0. The maximum atomic E-state index is 4.88. The standard InChI is InChI=1S/C15H23NS/c1-10(2)11-3-7-13(8-4-11)15-16-14(9-17-15)12-5-6-12/h9-13H,3-8H2,1-2H3. The van der Waals surface area contributed by atoms with Crippen molar-refractivity contribution in [2.75, 3.05) is 0 Å². The van der Waals surface area contributed by atoms with Gasteiger partial charge in [0.1, 0.15) is 0 Å². The summed E-state index contributed by atoms with van der Waals surface area (Å²) in [6.07, 6.45) is 8.34. The molecule has 2 aliphatic rings. The Balaban J connectivity index is 1.61. The molecule has 0 saturated heterocycles. The van der Waals surface area contributed by atoms with E-state index in [-0.39, 0.29) is 0 Å². The molecular weight excluding hydrogens is 226 g/mol. The van der Waals surface area contributed by atoms with E-state index in [1.807, 2.05) is 11.3 Å². The van der Waals surface area contributed by atoms with Gasteiger partial charge in [-0.3, -0.25) is 0 Å². The van der Waals surface area contributed by atoms with E-state index < -0.39 is 0 Å². The smallest absolute Gasteiger partial charge is 0.0959 e. The molecule has 2 aliphatic carbocycles. The summed E-state index contributed by atoms with van der Waals surface area (Å²) in [5.41, 5.74) is 1.40. The number of nitrogens with zero attached hydrogens (tertiary/aromatic N) is 1. The van der Waals surface area contributed by atoms with Gasteiger partial charge in [-0.15, -0.1) is 11.3 Å². The van der Waals surface area contributed by atoms with Gasteiger partial charge >= 0.3 is 0 Å². The number of thiazole rings is 1. The van der Waals surface area contributed by atoms with Gasteiger partial charge in [0.15, 0.2) is 0 Å². The molecule has 17 heavy (non-hydrogen) atoms. The second kappa shape index (κ2) is 4.72. The van der Waals surface area contributed by atoms with Crippen LogP contribution in [0.3, 0.4) is 0 Å². The van der Waals surface area contributed by atoms with E-state index in [0.29, 0.717) is 0 Å². The van der Waals surface area contributed by atoms with Crippen molar-refractivity contribution < 1.29 is 0 Å². The lowest BCUT2D eigenvalue weighted by molar-refractivity contribution is 0.258. The maximum absolute atomic E-state index is 4.88. The van der Waals surface area contributed by atoms with E-state index in [0.717, 1.165) is 23.7 Å². The first-order chi connectivity index (χ1) is 8.24. The molecule has 2 saturated carbocycles. The fourth-order valence-corrected chi connectivity index (χ4v) is 4.16. The minimum absolute atomic E-state index is 0.780. The third-order valence-corrected chi connectivity index (χ3v) is 5.62. The lowest BCUT2D eigenvalue weighted by Gasteiger charge is -2.29. The van der Waals surface area contributed by atoms with Crippen molar-refractivity contribution in [3.8, 4) is 0 Å². The van der Waals surface area contributed by atoms with Crippen LogP contribution in [-0.2, 0) is 0 Å². The first-order valence-electron chi connectivity index (χ1n) is 7.19. The van der Waals surface area contributed by atoms with Gasteiger partial charge in [0.05, 0.1) is 10.7 Å². The Morgan fingerprint density at radius 1 is 1.06 bits per heavy atom. The Labute approximate surface area is 109 Å². The molecule has 94 valence electrons. The highest BCUT2D eigenvalue weighted by Gasteiger charge is 2.29. The average molecular weight is 249 g/mol.